The number of aromatic hydroxyl groups is 1. The van der Waals surface area contributed by atoms with Crippen molar-refractivity contribution in [3.05, 3.63) is 33.7 Å². The van der Waals surface area contributed by atoms with E-state index < -0.39 is 0 Å². The molecule has 2 aliphatic rings. The summed E-state index contributed by atoms with van der Waals surface area (Å²) in [7, 11) is 3.05. The quantitative estimate of drug-likeness (QED) is 0.732. The number of phenols is 1. The SMILES string of the molecule is COc1cc([C@@H]2CC(=O)Nc3sc4c(c32)CC[C@H](C(C)(C)C)C4)cc(OC)c1O. The molecule has 1 aliphatic carbocycles. The van der Waals surface area contributed by atoms with Crippen LogP contribution in [0.5, 0.6) is 17.2 Å². The first-order valence-electron chi connectivity index (χ1n) is 10.1. The van der Waals surface area contributed by atoms with Crippen LogP contribution in [0.2, 0.25) is 0 Å². The van der Waals surface area contributed by atoms with Gasteiger partial charge in [0.1, 0.15) is 0 Å². The summed E-state index contributed by atoms with van der Waals surface area (Å²) in [5.74, 6) is 1.33. The van der Waals surface area contributed by atoms with E-state index in [1.54, 1.807) is 11.3 Å². The Balaban J connectivity index is 1.80. The number of thiophene rings is 1. The highest BCUT2D eigenvalue weighted by atomic mass is 32.1. The van der Waals surface area contributed by atoms with Crippen LogP contribution in [0.15, 0.2) is 12.1 Å². The van der Waals surface area contributed by atoms with Gasteiger partial charge in [0, 0.05) is 17.2 Å². The lowest BCUT2D eigenvalue weighted by Crippen LogP contribution is -2.27. The van der Waals surface area contributed by atoms with E-state index in [-0.39, 0.29) is 23.0 Å². The van der Waals surface area contributed by atoms with Crippen molar-refractivity contribution >= 4 is 22.2 Å². The first-order valence-corrected chi connectivity index (χ1v) is 10.9. The summed E-state index contributed by atoms with van der Waals surface area (Å²) in [4.78, 5) is 13.9. The van der Waals surface area contributed by atoms with E-state index >= 15 is 0 Å². The topological polar surface area (TPSA) is 67.8 Å². The number of carbonyl (C=O) groups excluding carboxylic acids is 1. The number of amides is 1. The lowest BCUT2D eigenvalue weighted by Gasteiger charge is -2.34. The number of nitrogens with one attached hydrogen (secondary N) is 1. The lowest BCUT2D eigenvalue weighted by molar-refractivity contribution is -0.116. The van der Waals surface area contributed by atoms with Crippen LogP contribution in [-0.4, -0.2) is 25.2 Å². The maximum absolute atomic E-state index is 12.5. The van der Waals surface area contributed by atoms with Crippen molar-refractivity contribution in [2.24, 2.45) is 11.3 Å². The molecule has 0 unspecified atom stereocenters. The minimum atomic E-state index is -0.0617. The Bertz CT molecular complexity index is 932. The van der Waals surface area contributed by atoms with Gasteiger partial charge in [0.2, 0.25) is 11.7 Å². The normalized spacial score (nSPS) is 21.2. The highest BCUT2D eigenvalue weighted by Gasteiger charge is 2.37. The fraction of sp³-hybridized carbons (Fsp3) is 0.522. The number of methoxy groups -OCH3 is 2. The van der Waals surface area contributed by atoms with E-state index in [9.17, 15) is 9.90 Å². The minimum Gasteiger partial charge on any atom is -0.502 e. The van der Waals surface area contributed by atoms with Gasteiger partial charge < -0.3 is 19.9 Å². The molecule has 2 aromatic rings. The summed E-state index contributed by atoms with van der Waals surface area (Å²) in [6.45, 7) is 6.95. The van der Waals surface area contributed by atoms with Gasteiger partial charge in [-0.15, -0.1) is 11.3 Å². The van der Waals surface area contributed by atoms with E-state index in [0.29, 0.717) is 23.8 Å². The van der Waals surface area contributed by atoms with Crippen molar-refractivity contribution in [3.8, 4) is 17.2 Å². The second-order valence-electron chi connectivity index (χ2n) is 9.13. The van der Waals surface area contributed by atoms with Gasteiger partial charge in [0.25, 0.3) is 0 Å². The Kier molecular flexibility index (Phi) is 5.01. The van der Waals surface area contributed by atoms with Gasteiger partial charge in [-0.05, 0) is 59.4 Å². The Morgan fingerprint density at radius 1 is 1.14 bits per heavy atom. The van der Waals surface area contributed by atoms with Crippen molar-refractivity contribution in [3.63, 3.8) is 0 Å². The van der Waals surface area contributed by atoms with Crippen LogP contribution in [-0.2, 0) is 17.6 Å². The number of anilines is 1. The van der Waals surface area contributed by atoms with Crippen molar-refractivity contribution in [1.82, 2.24) is 0 Å². The van der Waals surface area contributed by atoms with Crippen molar-refractivity contribution < 1.29 is 19.4 Å². The molecule has 29 heavy (non-hydrogen) atoms. The molecule has 5 nitrogen and oxygen atoms in total. The molecule has 2 atom stereocenters. The average Bonchev–Trinajstić information content (AvgIpc) is 3.04. The summed E-state index contributed by atoms with van der Waals surface area (Å²) in [5, 5.41) is 14.4. The van der Waals surface area contributed by atoms with Crippen LogP contribution >= 0.6 is 11.3 Å². The molecular formula is C23H29NO4S. The molecular weight excluding hydrogens is 386 g/mol. The number of carbonyl (C=O) groups is 1. The minimum absolute atomic E-state index is 0.0143. The first-order chi connectivity index (χ1) is 13.7. The summed E-state index contributed by atoms with van der Waals surface area (Å²) in [6, 6.07) is 3.66. The molecule has 156 valence electrons. The highest BCUT2D eigenvalue weighted by molar-refractivity contribution is 7.16. The van der Waals surface area contributed by atoms with Crippen LogP contribution in [0.4, 0.5) is 5.00 Å². The molecule has 0 saturated carbocycles. The van der Waals surface area contributed by atoms with Gasteiger partial charge in [0.05, 0.1) is 19.2 Å². The molecule has 0 radical (unpaired) electrons. The zero-order valence-corrected chi connectivity index (χ0v) is 18.5. The van der Waals surface area contributed by atoms with E-state index in [2.05, 4.69) is 26.1 Å². The van der Waals surface area contributed by atoms with Gasteiger partial charge in [-0.2, -0.15) is 0 Å². The fourth-order valence-corrected chi connectivity index (χ4v) is 6.08. The van der Waals surface area contributed by atoms with Crippen LogP contribution in [0.3, 0.4) is 0 Å². The van der Waals surface area contributed by atoms with E-state index in [1.807, 2.05) is 12.1 Å². The molecule has 0 fully saturated rings. The summed E-state index contributed by atoms with van der Waals surface area (Å²) in [6.07, 6.45) is 3.67. The van der Waals surface area contributed by atoms with Gasteiger partial charge in [0.15, 0.2) is 11.5 Å². The molecule has 4 rings (SSSR count). The van der Waals surface area contributed by atoms with Crippen molar-refractivity contribution in [1.29, 1.82) is 0 Å². The summed E-state index contributed by atoms with van der Waals surface area (Å²) >= 11 is 1.74. The predicted molar refractivity (Wildman–Crippen MR) is 116 cm³/mol. The maximum atomic E-state index is 12.5. The third kappa shape index (κ3) is 3.48. The summed E-state index contributed by atoms with van der Waals surface area (Å²) in [5.41, 5.74) is 3.86. The van der Waals surface area contributed by atoms with Crippen molar-refractivity contribution in [2.45, 2.75) is 52.4 Å². The Morgan fingerprint density at radius 3 is 2.38 bits per heavy atom. The Morgan fingerprint density at radius 2 is 1.79 bits per heavy atom. The van der Waals surface area contributed by atoms with Gasteiger partial charge in [-0.1, -0.05) is 20.8 Å². The smallest absolute Gasteiger partial charge is 0.225 e. The zero-order valence-electron chi connectivity index (χ0n) is 17.7. The largest absolute Gasteiger partial charge is 0.502 e. The van der Waals surface area contributed by atoms with E-state index in [1.165, 1.54) is 36.6 Å². The molecule has 1 amide bonds. The lowest BCUT2D eigenvalue weighted by atomic mass is 9.71. The molecule has 2 N–H and O–H groups in total. The zero-order chi connectivity index (χ0) is 20.9. The van der Waals surface area contributed by atoms with Crippen LogP contribution < -0.4 is 14.8 Å². The second-order valence-corrected chi connectivity index (χ2v) is 10.2. The van der Waals surface area contributed by atoms with Gasteiger partial charge >= 0.3 is 0 Å². The molecule has 1 aromatic heterocycles. The number of benzene rings is 1. The number of rotatable bonds is 3. The molecule has 2 heterocycles. The first kappa shape index (κ1) is 20.1. The third-order valence-corrected chi connectivity index (χ3v) is 7.61. The van der Waals surface area contributed by atoms with E-state index in [0.717, 1.165) is 23.4 Å². The maximum Gasteiger partial charge on any atom is 0.225 e. The average molecular weight is 416 g/mol. The Hall–Kier alpha value is -2.21. The van der Waals surface area contributed by atoms with Gasteiger partial charge in [-0.25, -0.2) is 0 Å². The molecule has 1 aliphatic heterocycles. The molecule has 1 aromatic carbocycles. The number of ether oxygens (including phenoxy) is 2. The number of hydrogen-bond donors (Lipinski definition) is 2. The fourth-order valence-electron chi connectivity index (χ4n) is 4.68. The van der Waals surface area contributed by atoms with Crippen molar-refractivity contribution in [2.75, 3.05) is 19.5 Å². The summed E-state index contributed by atoms with van der Waals surface area (Å²) < 4.78 is 10.7. The van der Waals surface area contributed by atoms with Crippen LogP contribution in [0.25, 0.3) is 0 Å². The molecule has 0 bridgehead atoms. The molecule has 6 heteroatoms. The van der Waals surface area contributed by atoms with E-state index in [4.69, 9.17) is 9.47 Å². The van der Waals surface area contributed by atoms with Crippen LogP contribution in [0.1, 0.15) is 61.1 Å². The number of fused-ring (bicyclic) bond motifs is 3. The predicted octanol–water partition coefficient (Wildman–Crippen LogP) is 5.10. The monoisotopic (exact) mass is 415 g/mol. The number of phenolic OH excluding ortho intramolecular Hbond substituents is 1. The number of hydrogen-bond acceptors (Lipinski definition) is 5. The Labute approximate surface area is 176 Å². The van der Waals surface area contributed by atoms with Gasteiger partial charge in [-0.3, -0.25) is 4.79 Å². The molecule has 0 spiro atoms. The second kappa shape index (κ2) is 7.24. The standard InChI is InChI=1S/C23H29NO4S/c1-23(2,3)13-6-7-14-18(10-13)29-22-20(14)15(11-19(25)24-22)12-8-16(27-4)21(26)17(9-12)28-5/h8-9,13,15,26H,6-7,10-11H2,1-5H3,(H,24,25)/t13-,15-/m0/s1. The third-order valence-electron chi connectivity index (χ3n) is 6.43. The molecule has 0 saturated heterocycles. The highest BCUT2D eigenvalue weighted by Crippen LogP contribution is 2.51. The van der Waals surface area contributed by atoms with Crippen LogP contribution in [0, 0.1) is 11.3 Å².